The first kappa shape index (κ1) is 28.5. The minimum Gasteiger partial charge on any atom is -0.545 e. The molecule has 0 saturated carbocycles. The van der Waals surface area contributed by atoms with Gasteiger partial charge in [-0.3, -0.25) is 9.59 Å². The van der Waals surface area contributed by atoms with Crippen molar-refractivity contribution in [2.75, 3.05) is 0 Å². The molecule has 0 N–H and O–H groups in total. The molecule has 0 heterocycles. The number of hydrogen-bond acceptors (Lipinski definition) is 6. The molecule has 0 aliphatic rings. The summed E-state index contributed by atoms with van der Waals surface area (Å²) in [5.41, 5.74) is 0.481. The minimum absolute atomic E-state index is 0. The standard InChI is InChI=1S/2C12H14O3.Mg/c2*1-2-3-8-11(13)9-6-4-5-7-10(9)12(14)15;/h2*4-7H,2-3,8H2,1H3,(H,14,15);/q;;+2/p-2. The molecule has 0 bridgehead atoms. The van der Waals surface area contributed by atoms with E-state index in [2.05, 4.69) is 0 Å². The predicted octanol–water partition coefficient (Wildman–Crippen LogP) is 2.47. The number of Topliss-reactive ketones (excluding diaryl/α,β-unsaturated/α-hetero) is 2. The Kier molecular flexibility index (Phi) is 14.1. The van der Waals surface area contributed by atoms with Crippen molar-refractivity contribution < 1.29 is 29.4 Å². The van der Waals surface area contributed by atoms with E-state index in [0.717, 1.165) is 25.7 Å². The van der Waals surface area contributed by atoms with Gasteiger partial charge in [-0.1, -0.05) is 75.2 Å². The van der Waals surface area contributed by atoms with Gasteiger partial charge < -0.3 is 19.8 Å². The van der Waals surface area contributed by atoms with Crippen molar-refractivity contribution in [1.29, 1.82) is 0 Å². The molecule has 6 nitrogen and oxygen atoms in total. The van der Waals surface area contributed by atoms with Crippen LogP contribution in [-0.4, -0.2) is 46.6 Å². The molecular formula is C24H26MgO6. The molecule has 0 saturated heterocycles. The van der Waals surface area contributed by atoms with Crippen molar-refractivity contribution in [2.24, 2.45) is 0 Å². The van der Waals surface area contributed by atoms with Gasteiger partial charge in [-0.25, -0.2) is 0 Å². The maximum atomic E-state index is 11.6. The number of benzene rings is 2. The van der Waals surface area contributed by atoms with Crippen LogP contribution in [-0.2, 0) is 0 Å². The Morgan fingerprint density at radius 2 is 0.903 bits per heavy atom. The Bertz CT molecular complexity index is 818. The molecule has 0 atom stereocenters. The van der Waals surface area contributed by atoms with E-state index in [1.165, 1.54) is 24.3 Å². The van der Waals surface area contributed by atoms with Gasteiger partial charge in [-0.05, 0) is 12.8 Å². The summed E-state index contributed by atoms with van der Waals surface area (Å²) in [5, 5.41) is 21.5. The number of ketones is 2. The number of rotatable bonds is 10. The van der Waals surface area contributed by atoms with Gasteiger partial charge in [0.1, 0.15) is 0 Å². The number of unbranched alkanes of at least 4 members (excludes halogenated alkanes) is 2. The van der Waals surface area contributed by atoms with Crippen LogP contribution >= 0.6 is 0 Å². The molecule has 0 aliphatic heterocycles. The zero-order chi connectivity index (χ0) is 22.5. The van der Waals surface area contributed by atoms with Crippen LogP contribution in [0.3, 0.4) is 0 Å². The molecule has 2 rings (SSSR count). The molecular weight excluding hydrogens is 409 g/mol. The smallest absolute Gasteiger partial charge is 0.545 e. The topological polar surface area (TPSA) is 114 Å². The summed E-state index contributed by atoms with van der Waals surface area (Å²) in [6, 6.07) is 12.3. The zero-order valence-electron chi connectivity index (χ0n) is 18.0. The third-order valence-electron chi connectivity index (χ3n) is 4.41. The quantitative estimate of drug-likeness (QED) is 0.419. The fourth-order valence-corrected chi connectivity index (χ4v) is 2.75. The predicted molar refractivity (Wildman–Crippen MR) is 115 cm³/mol. The van der Waals surface area contributed by atoms with Gasteiger partial charge >= 0.3 is 23.1 Å². The van der Waals surface area contributed by atoms with Gasteiger partial charge in [-0.2, -0.15) is 0 Å². The SMILES string of the molecule is CCCCC(=O)c1ccccc1C(=O)[O-].CCCCC(=O)c1ccccc1C(=O)[O-].[Mg+2]. The van der Waals surface area contributed by atoms with Gasteiger partial charge in [0.25, 0.3) is 0 Å². The fraction of sp³-hybridized carbons (Fsp3) is 0.333. The Hall–Kier alpha value is -2.51. The minimum atomic E-state index is -1.30. The monoisotopic (exact) mass is 434 g/mol. The molecule has 2 aromatic carbocycles. The van der Waals surface area contributed by atoms with Crippen molar-refractivity contribution in [1.82, 2.24) is 0 Å². The van der Waals surface area contributed by atoms with Crippen LogP contribution < -0.4 is 10.2 Å². The Morgan fingerprint density at radius 3 is 1.16 bits per heavy atom. The van der Waals surface area contributed by atoms with Crippen LogP contribution in [0.1, 0.15) is 93.8 Å². The summed E-state index contributed by atoms with van der Waals surface area (Å²) in [6.45, 7) is 3.97. The second-order valence-corrected chi connectivity index (χ2v) is 6.72. The van der Waals surface area contributed by atoms with Crippen LogP contribution in [0.25, 0.3) is 0 Å². The van der Waals surface area contributed by atoms with Crippen molar-refractivity contribution in [3.8, 4) is 0 Å². The Labute approximate surface area is 198 Å². The van der Waals surface area contributed by atoms with Gasteiger partial charge in [-0.15, -0.1) is 0 Å². The zero-order valence-corrected chi connectivity index (χ0v) is 19.4. The number of carbonyl (C=O) groups excluding carboxylic acids is 4. The van der Waals surface area contributed by atoms with Crippen LogP contribution in [0.5, 0.6) is 0 Å². The van der Waals surface area contributed by atoms with Crippen LogP contribution in [0.15, 0.2) is 48.5 Å². The molecule has 7 heteroatoms. The Balaban J connectivity index is 0.000000562. The molecule has 0 fully saturated rings. The molecule has 0 spiro atoms. The maximum absolute atomic E-state index is 11.6. The summed E-state index contributed by atoms with van der Waals surface area (Å²) >= 11 is 0. The molecule has 0 amide bonds. The van der Waals surface area contributed by atoms with Crippen LogP contribution in [0.2, 0.25) is 0 Å². The van der Waals surface area contributed by atoms with Gasteiger partial charge in [0.15, 0.2) is 11.6 Å². The molecule has 160 valence electrons. The van der Waals surface area contributed by atoms with Gasteiger partial charge in [0.2, 0.25) is 0 Å². The Morgan fingerprint density at radius 1 is 0.613 bits per heavy atom. The second-order valence-electron chi connectivity index (χ2n) is 6.72. The van der Waals surface area contributed by atoms with E-state index in [0.29, 0.717) is 12.8 Å². The first-order chi connectivity index (χ1) is 14.3. The van der Waals surface area contributed by atoms with Crippen LogP contribution in [0.4, 0.5) is 0 Å². The largest absolute Gasteiger partial charge is 2.00 e. The van der Waals surface area contributed by atoms with E-state index < -0.39 is 11.9 Å². The van der Waals surface area contributed by atoms with Crippen LogP contribution in [0, 0.1) is 0 Å². The third kappa shape index (κ3) is 9.44. The summed E-state index contributed by atoms with van der Waals surface area (Å²) < 4.78 is 0. The fourth-order valence-electron chi connectivity index (χ4n) is 2.75. The number of carbonyl (C=O) groups is 4. The van der Waals surface area contributed by atoms with Crippen molar-refractivity contribution in [3.63, 3.8) is 0 Å². The van der Waals surface area contributed by atoms with Crippen molar-refractivity contribution >= 4 is 46.6 Å². The third-order valence-corrected chi connectivity index (χ3v) is 4.41. The van der Waals surface area contributed by atoms with Gasteiger partial charge in [0, 0.05) is 35.1 Å². The average molecular weight is 435 g/mol. The normalized spacial score (nSPS) is 9.61. The van der Waals surface area contributed by atoms with Crippen molar-refractivity contribution in [2.45, 2.75) is 52.4 Å². The first-order valence-electron chi connectivity index (χ1n) is 10.0. The number of carboxylic acid groups (broad SMARTS) is 2. The maximum Gasteiger partial charge on any atom is 2.00 e. The molecule has 0 radical (unpaired) electrons. The average Bonchev–Trinajstić information content (AvgIpc) is 2.76. The summed E-state index contributed by atoms with van der Waals surface area (Å²) in [7, 11) is 0. The number of hydrogen-bond donors (Lipinski definition) is 0. The van der Waals surface area contributed by atoms with E-state index in [-0.39, 0.29) is 56.9 Å². The summed E-state index contributed by atoms with van der Waals surface area (Å²) in [5.74, 6) is -2.85. The second kappa shape index (κ2) is 15.3. The molecule has 0 aromatic heterocycles. The molecule has 2 aromatic rings. The first-order valence-corrected chi connectivity index (χ1v) is 10.0. The number of aromatic carboxylic acids is 2. The van der Waals surface area contributed by atoms with Crippen molar-refractivity contribution in [3.05, 3.63) is 70.8 Å². The number of carboxylic acids is 2. The summed E-state index contributed by atoms with van der Waals surface area (Å²) in [4.78, 5) is 44.7. The van der Waals surface area contributed by atoms with E-state index in [1.54, 1.807) is 24.3 Å². The summed E-state index contributed by atoms with van der Waals surface area (Å²) in [6.07, 6.45) is 4.17. The van der Waals surface area contributed by atoms with Gasteiger partial charge in [0.05, 0.1) is 11.9 Å². The molecule has 0 unspecified atom stereocenters. The van der Waals surface area contributed by atoms with E-state index in [1.807, 2.05) is 13.8 Å². The van der Waals surface area contributed by atoms with E-state index >= 15 is 0 Å². The molecule has 0 aliphatic carbocycles. The van der Waals surface area contributed by atoms with E-state index in [9.17, 15) is 29.4 Å². The van der Waals surface area contributed by atoms with E-state index in [4.69, 9.17) is 0 Å². The molecule has 31 heavy (non-hydrogen) atoms.